The molecule has 5 atom stereocenters. The van der Waals surface area contributed by atoms with Gasteiger partial charge >= 0.3 is 86.8 Å². The molecule has 0 bridgehead atoms. The van der Waals surface area contributed by atoms with Gasteiger partial charge in [0, 0.05) is 0 Å². The van der Waals surface area contributed by atoms with Crippen molar-refractivity contribution < 1.29 is 6.51 Å². The van der Waals surface area contributed by atoms with E-state index in [4.69, 9.17) is 0 Å². The molecule has 10 fully saturated rings. The average Bonchev–Trinajstić information content (AvgIpc) is 3.24. The van der Waals surface area contributed by atoms with Gasteiger partial charge in [-0.3, -0.25) is 0 Å². The zero-order valence-corrected chi connectivity index (χ0v) is 11.2. The molecule has 0 radical (unpaired) electrons. The van der Waals surface area contributed by atoms with Crippen molar-refractivity contribution in [3.05, 3.63) is 0 Å². The van der Waals surface area contributed by atoms with Gasteiger partial charge in [-0.2, -0.15) is 0 Å². The van der Waals surface area contributed by atoms with Crippen LogP contribution in [0.1, 0.15) is 33.1 Å². The minimum atomic E-state index is -2.76. The Kier molecular flexibility index (Phi) is 0.175. The Labute approximate surface area is 86.8 Å². The first kappa shape index (κ1) is 6.11. The first-order valence-corrected chi connectivity index (χ1v) is 14.0. The van der Waals surface area contributed by atoms with Crippen molar-refractivity contribution in [2.45, 2.75) is 80.3 Å². The second-order valence-corrected chi connectivity index (χ2v) is 34.6. The number of rotatable bonds is 3. The van der Waals surface area contributed by atoms with Crippen molar-refractivity contribution in [3.63, 3.8) is 0 Å². The molecule has 88 valence electrons. The van der Waals surface area contributed by atoms with Crippen molar-refractivity contribution in [3.8, 4) is 0 Å². The number of hydrogen-bond donors (Lipinski definition) is 0. The average molecular weight is 256 g/mol. The van der Waals surface area contributed by atoms with Crippen molar-refractivity contribution >= 4 is 0 Å². The van der Waals surface area contributed by atoms with Crippen LogP contribution < -0.4 is 0 Å². The van der Waals surface area contributed by atoms with E-state index in [9.17, 15) is 0 Å². The van der Waals surface area contributed by atoms with Gasteiger partial charge in [-0.25, -0.2) is 0 Å². The van der Waals surface area contributed by atoms with Crippen molar-refractivity contribution in [2.24, 2.45) is 0 Å². The summed E-state index contributed by atoms with van der Waals surface area (Å²) < 4.78 is 2.37. The van der Waals surface area contributed by atoms with Crippen LogP contribution in [0.25, 0.3) is 0 Å². The van der Waals surface area contributed by atoms with E-state index in [-0.39, 0.29) is 0 Å². The Balaban J connectivity index is 1.75. The Bertz CT molecular complexity index is 914. The molecule has 0 aromatic rings. The summed E-state index contributed by atoms with van der Waals surface area (Å²) in [4.78, 5) is 12.3. The van der Waals surface area contributed by atoms with Crippen LogP contribution >= 0.6 is 0 Å². The molecular weight excluding hydrogens is 236 g/mol. The summed E-state index contributed by atoms with van der Waals surface area (Å²) in [5.74, 6) is 0. The summed E-state index contributed by atoms with van der Waals surface area (Å²) in [5.41, 5.74) is 0. The van der Waals surface area contributed by atoms with Crippen LogP contribution in [0.4, 0.5) is 0 Å². The van der Waals surface area contributed by atoms with Gasteiger partial charge in [0.05, 0.1) is 0 Å². The van der Waals surface area contributed by atoms with E-state index in [1.165, 1.54) is 53.6 Å². The Morgan fingerprint density at radius 2 is 1.38 bits per heavy atom. The molecule has 16 heavy (non-hydrogen) atoms. The molecule has 0 saturated carbocycles. The first-order chi connectivity index (χ1) is 7.56. The molecule has 10 aliphatic rings. The van der Waals surface area contributed by atoms with E-state index in [0.717, 1.165) is 0 Å². The van der Waals surface area contributed by atoms with Crippen LogP contribution in [0.3, 0.4) is 0 Å². The summed E-state index contributed by atoms with van der Waals surface area (Å²) in [7, 11) is 0. The monoisotopic (exact) mass is 256 g/mol. The first-order valence-electron chi connectivity index (χ1n) is 7.77. The zero-order valence-electron chi connectivity index (χ0n) is 10.1. The predicted octanol–water partition coefficient (Wildman–Crippen LogP) is 5.33. The van der Waals surface area contributed by atoms with Gasteiger partial charge < -0.3 is 0 Å². The number of fused-ring (bicyclic) bond motifs is 10. The van der Waals surface area contributed by atoms with Crippen molar-refractivity contribution in [2.75, 3.05) is 0 Å². The SMILES string of the molecule is CCC[C]12[CH]3[CH]4[CH]5[C]1(CC)[Fe]45321678[CH]2[CH]1[CH]6[CH]7[CH]28. The molecule has 10 saturated heterocycles. The summed E-state index contributed by atoms with van der Waals surface area (Å²) in [6.07, 6.45) is 4.95. The van der Waals surface area contributed by atoms with Crippen LogP contribution in [0, 0.1) is 0 Å². The summed E-state index contributed by atoms with van der Waals surface area (Å²) >= 11 is 0. The number of hydrogen-bond acceptors (Lipinski definition) is 0. The maximum atomic E-state index is 2.62. The molecule has 5 unspecified atom stereocenters. The van der Waals surface area contributed by atoms with Crippen molar-refractivity contribution in [1.29, 1.82) is 0 Å². The molecule has 0 nitrogen and oxygen atoms in total. The third-order valence-corrected chi connectivity index (χ3v) is 60.9. The molecule has 10 heterocycles. The van der Waals surface area contributed by atoms with E-state index in [0.29, 0.717) is 0 Å². The van der Waals surface area contributed by atoms with Crippen LogP contribution in [-0.2, 0) is 6.51 Å². The molecular formula is C15H20Fe. The molecule has 0 aromatic carbocycles. The van der Waals surface area contributed by atoms with Crippen LogP contribution in [0.15, 0.2) is 0 Å². The Morgan fingerprint density at radius 1 is 0.812 bits per heavy atom. The fraction of sp³-hybridized carbons (Fsp3) is 1.00. The van der Waals surface area contributed by atoms with Crippen molar-refractivity contribution in [1.82, 2.24) is 0 Å². The van der Waals surface area contributed by atoms with Gasteiger partial charge in [-0.05, 0) is 0 Å². The zero-order chi connectivity index (χ0) is 10.1. The molecule has 1 heteroatoms. The Hall–Kier alpha value is 0.519. The standard InChI is InChI=1S/C10H15.C5H5.Fe/c1-3-6-10-8-5-7-9(10)4-2;1-2-4-5-3-1;/h5,7-8H,3-4,6H2,1-2H3;1-5H;. The second kappa shape index (κ2) is 0.458. The molecule has 0 N–H and O–H groups in total. The molecule has 10 rings (SSSR count). The molecule has 1 spiro atoms. The molecule has 0 amide bonds. The normalized spacial score (nSPS) is 131. The minimum absolute atomic E-state index is 1.18. The van der Waals surface area contributed by atoms with Gasteiger partial charge in [-0.1, -0.05) is 0 Å². The molecule has 0 aliphatic carbocycles. The van der Waals surface area contributed by atoms with Gasteiger partial charge in [0.1, 0.15) is 0 Å². The van der Waals surface area contributed by atoms with Gasteiger partial charge in [0.2, 0.25) is 0 Å². The van der Waals surface area contributed by atoms with Gasteiger partial charge in [0.15, 0.2) is 0 Å². The molecule has 0 aromatic heterocycles. The quantitative estimate of drug-likeness (QED) is 0.599. The van der Waals surface area contributed by atoms with Crippen LogP contribution in [0.2, 0.25) is 47.2 Å². The molecule has 10 aliphatic heterocycles. The van der Waals surface area contributed by atoms with E-state index in [1.54, 1.807) is 12.8 Å². The third kappa shape index (κ3) is 0.0483. The predicted molar refractivity (Wildman–Crippen MR) is 60.6 cm³/mol. The maximum absolute atomic E-state index is 2.76. The Morgan fingerprint density at radius 3 is 1.69 bits per heavy atom. The van der Waals surface area contributed by atoms with Gasteiger partial charge in [0.25, 0.3) is 0 Å². The third-order valence-electron chi connectivity index (χ3n) is 16.6. The summed E-state index contributed by atoms with van der Waals surface area (Å²) in [6, 6.07) is 0. The summed E-state index contributed by atoms with van der Waals surface area (Å²) in [6.45, 7) is 2.36. The fourth-order valence-corrected chi connectivity index (χ4v) is 98.6. The van der Waals surface area contributed by atoms with E-state index >= 15 is 0 Å². The van der Waals surface area contributed by atoms with E-state index in [2.05, 4.69) is 13.8 Å². The van der Waals surface area contributed by atoms with E-state index in [1.807, 2.05) is 0 Å². The topological polar surface area (TPSA) is 0 Å². The van der Waals surface area contributed by atoms with Crippen LogP contribution in [-0.4, -0.2) is 0 Å². The summed E-state index contributed by atoms with van der Waals surface area (Å²) in [5, 5.41) is 0. The van der Waals surface area contributed by atoms with E-state index < -0.39 is 6.51 Å². The van der Waals surface area contributed by atoms with Crippen LogP contribution in [0.5, 0.6) is 0 Å². The fourth-order valence-electron chi connectivity index (χ4n) is 19.6. The second-order valence-electron chi connectivity index (χ2n) is 11.1. The van der Waals surface area contributed by atoms with Gasteiger partial charge in [-0.15, -0.1) is 0 Å².